The molecule has 0 bridgehead atoms. The van der Waals surface area contributed by atoms with Gasteiger partial charge in [-0.05, 0) is 74.4 Å². The van der Waals surface area contributed by atoms with Crippen molar-refractivity contribution in [3.8, 4) is 0 Å². The van der Waals surface area contributed by atoms with Gasteiger partial charge in [-0.3, -0.25) is 0 Å². The van der Waals surface area contributed by atoms with E-state index in [2.05, 4.69) is 34.6 Å². The first-order valence-electron chi connectivity index (χ1n) is 5.66. The lowest BCUT2D eigenvalue weighted by Crippen LogP contribution is -2.07. The molecule has 0 radical (unpaired) electrons. The topological polar surface area (TPSA) is 20.2 Å². The van der Waals surface area contributed by atoms with Gasteiger partial charge in [0.1, 0.15) is 0 Å². The molecule has 0 aromatic heterocycles. The van der Waals surface area contributed by atoms with Crippen molar-refractivity contribution < 1.29 is 5.11 Å². The van der Waals surface area contributed by atoms with E-state index < -0.39 is 0 Å². The molecule has 0 heterocycles. The predicted molar refractivity (Wildman–Crippen MR) is 65.4 cm³/mol. The Kier molecular flexibility index (Phi) is 3.56. The molecule has 0 saturated carbocycles. The highest BCUT2D eigenvalue weighted by Crippen LogP contribution is 2.31. The first kappa shape index (κ1) is 12.3. The van der Waals surface area contributed by atoms with Crippen molar-refractivity contribution in [1.29, 1.82) is 0 Å². The van der Waals surface area contributed by atoms with Crippen molar-refractivity contribution in [2.75, 3.05) is 0 Å². The van der Waals surface area contributed by atoms with Gasteiger partial charge < -0.3 is 5.11 Å². The molecule has 0 aliphatic heterocycles. The summed E-state index contributed by atoms with van der Waals surface area (Å²) in [6.45, 7) is 12.7. The van der Waals surface area contributed by atoms with Crippen LogP contribution in [-0.2, 0) is 0 Å². The Morgan fingerprint density at radius 1 is 0.800 bits per heavy atom. The van der Waals surface area contributed by atoms with Crippen LogP contribution in [0.2, 0.25) is 0 Å². The molecule has 15 heavy (non-hydrogen) atoms. The lowest BCUT2D eigenvalue weighted by Gasteiger charge is -2.21. The maximum atomic E-state index is 10.0. The minimum Gasteiger partial charge on any atom is -0.388 e. The van der Waals surface area contributed by atoms with Gasteiger partial charge in [-0.25, -0.2) is 0 Å². The Hall–Kier alpha value is -0.820. The Balaban J connectivity index is 3.52. The van der Waals surface area contributed by atoms with Crippen LogP contribution >= 0.6 is 0 Å². The zero-order valence-electron chi connectivity index (χ0n) is 10.7. The van der Waals surface area contributed by atoms with Crippen LogP contribution in [0.15, 0.2) is 0 Å². The molecule has 0 spiro atoms. The summed E-state index contributed by atoms with van der Waals surface area (Å²) in [6.07, 6.45) is 0.465. The highest BCUT2D eigenvalue weighted by atomic mass is 16.3. The number of hydrogen-bond donors (Lipinski definition) is 1. The highest BCUT2D eigenvalue weighted by Gasteiger charge is 2.16. The van der Waals surface area contributed by atoms with Crippen molar-refractivity contribution >= 4 is 0 Å². The first-order chi connectivity index (χ1) is 6.91. The molecular weight excluding hydrogens is 184 g/mol. The van der Waals surface area contributed by atoms with Gasteiger partial charge in [0.2, 0.25) is 0 Å². The minimum absolute atomic E-state index is 0.317. The third kappa shape index (κ3) is 1.93. The molecule has 1 aromatic carbocycles. The van der Waals surface area contributed by atoms with Crippen LogP contribution in [0.5, 0.6) is 0 Å². The van der Waals surface area contributed by atoms with Crippen LogP contribution in [0.3, 0.4) is 0 Å². The molecule has 1 N–H and O–H groups in total. The van der Waals surface area contributed by atoms with E-state index in [0.29, 0.717) is 0 Å². The molecule has 0 aliphatic rings. The molecule has 1 rings (SSSR count). The molecule has 0 amide bonds. The van der Waals surface area contributed by atoms with E-state index in [-0.39, 0.29) is 6.10 Å². The molecule has 1 atom stereocenters. The average molecular weight is 206 g/mol. The average Bonchev–Trinajstić information content (AvgIpc) is 2.23. The molecule has 1 heteroatoms. The monoisotopic (exact) mass is 206 g/mol. The summed E-state index contributed by atoms with van der Waals surface area (Å²) in [6, 6.07) is 0. The van der Waals surface area contributed by atoms with Gasteiger partial charge in [-0.2, -0.15) is 0 Å². The second kappa shape index (κ2) is 4.36. The van der Waals surface area contributed by atoms with Crippen molar-refractivity contribution in [2.24, 2.45) is 0 Å². The number of rotatable bonds is 2. The van der Waals surface area contributed by atoms with E-state index in [1.807, 2.05) is 6.92 Å². The quantitative estimate of drug-likeness (QED) is 0.782. The van der Waals surface area contributed by atoms with Crippen LogP contribution < -0.4 is 0 Å². The zero-order chi connectivity index (χ0) is 11.7. The fraction of sp³-hybridized carbons (Fsp3) is 0.571. The number of hydrogen-bond acceptors (Lipinski definition) is 1. The molecule has 1 nitrogen and oxygen atoms in total. The van der Waals surface area contributed by atoms with Crippen molar-refractivity contribution in [3.63, 3.8) is 0 Å². The van der Waals surface area contributed by atoms with Gasteiger partial charge in [0, 0.05) is 0 Å². The van der Waals surface area contributed by atoms with E-state index in [4.69, 9.17) is 0 Å². The van der Waals surface area contributed by atoms with Gasteiger partial charge >= 0.3 is 0 Å². The second-order valence-corrected chi connectivity index (χ2v) is 4.46. The van der Waals surface area contributed by atoms with Crippen molar-refractivity contribution in [1.82, 2.24) is 0 Å². The summed E-state index contributed by atoms with van der Waals surface area (Å²) >= 11 is 0. The predicted octanol–water partition coefficient (Wildman–Crippen LogP) is 3.67. The summed E-state index contributed by atoms with van der Waals surface area (Å²) in [5, 5.41) is 10.0. The van der Waals surface area contributed by atoms with Crippen LogP contribution in [0.4, 0.5) is 0 Å². The van der Waals surface area contributed by atoms with E-state index in [1.165, 1.54) is 27.8 Å². The van der Waals surface area contributed by atoms with Gasteiger partial charge in [0.25, 0.3) is 0 Å². The third-order valence-corrected chi connectivity index (χ3v) is 3.78. The molecule has 84 valence electrons. The number of aliphatic hydroxyl groups excluding tert-OH is 1. The van der Waals surface area contributed by atoms with Gasteiger partial charge in [-0.15, -0.1) is 0 Å². The highest BCUT2D eigenvalue weighted by molar-refractivity contribution is 5.50. The summed E-state index contributed by atoms with van der Waals surface area (Å²) in [4.78, 5) is 0. The molecular formula is C14H22O. The van der Waals surface area contributed by atoms with E-state index in [1.54, 1.807) is 0 Å². The van der Waals surface area contributed by atoms with E-state index in [9.17, 15) is 5.11 Å². The van der Waals surface area contributed by atoms with Crippen LogP contribution in [0.25, 0.3) is 0 Å². The lowest BCUT2D eigenvalue weighted by molar-refractivity contribution is 0.172. The third-order valence-electron chi connectivity index (χ3n) is 3.78. The smallest absolute Gasteiger partial charge is 0.0792 e. The summed E-state index contributed by atoms with van der Waals surface area (Å²) in [7, 11) is 0. The fourth-order valence-electron chi connectivity index (χ4n) is 2.23. The fourth-order valence-corrected chi connectivity index (χ4v) is 2.23. The number of aliphatic hydroxyl groups is 1. The maximum Gasteiger partial charge on any atom is 0.0792 e. The largest absolute Gasteiger partial charge is 0.388 e. The molecule has 0 saturated heterocycles. The SMILES string of the molecule is CC[C@@H](O)c1c(C)c(C)c(C)c(C)c1C. The van der Waals surface area contributed by atoms with Gasteiger partial charge in [0.05, 0.1) is 6.10 Å². The van der Waals surface area contributed by atoms with Gasteiger partial charge in [-0.1, -0.05) is 6.92 Å². The molecule has 0 unspecified atom stereocenters. The normalized spacial score (nSPS) is 13.0. The van der Waals surface area contributed by atoms with E-state index >= 15 is 0 Å². The summed E-state index contributed by atoms with van der Waals surface area (Å²) in [5.74, 6) is 0. The van der Waals surface area contributed by atoms with Gasteiger partial charge in [0.15, 0.2) is 0 Å². The molecule has 1 aromatic rings. The van der Waals surface area contributed by atoms with E-state index in [0.717, 1.165) is 12.0 Å². The molecule has 0 aliphatic carbocycles. The Bertz CT molecular complexity index is 348. The van der Waals surface area contributed by atoms with Crippen LogP contribution in [0, 0.1) is 34.6 Å². The Labute approximate surface area is 93.1 Å². The summed E-state index contributed by atoms with van der Waals surface area (Å²) in [5.41, 5.74) is 7.64. The second-order valence-electron chi connectivity index (χ2n) is 4.46. The number of benzene rings is 1. The van der Waals surface area contributed by atoms with Crippen molar-refractivity contribution in [2.45, 2.75) is 54.1 Å². The standard InChI is InChI=1S/C14H22O/c1-7-13(15)14-11(5)9(3)8(2)10(4)12(14)6/h13,15H,7H2,1-6H3/t13-/m1/s1. The summed E-state index contributed by atoms with van der Waals surface area (Å²) < 4.78 is 0. The lowest BCUT2D eigenvalue weighted by atomic mass is 9.86. The van der Waals surface area contributed by atoms with Crippen LogP contribution in [0.1, 0.15) is 52.8 Å². The Morgan fingerprint density at radius 3 is 1.47 bits per heavy atom. The van der Waals surface area contributed by atoms with Crippen LogP contribution in [-0.4, -0.2) is 5.11 Å². The molecule has 0 fully saturated rings. The maximum absolute atomic E-state index is 10.0. The Morgan fingerprint density at radius 2 is 1.13 bits per heavy atom. The first-order valence-corrected chi connectivity index (χ1v) is 5.66. The van der Waals surface area contributed by atoms with Crippen molar-refractivity contribution in [3.05, 3.63) is 33.4 Å². The minimum atomic E-state index is -0.317. The zero-order valence-corrected chi connectivity index (χ0v) is 10.7.